The van der Waals surface area contributed by atoms with Gasteiger partial charge in [0.25, 0.3) is 0 Å². The van der Waals surface area contributed by atoms with Crippen LogP contribution in [0.2, 0.25) is 0 Å². The normalized spacial score (nSPS) is 38.5. The van der Waals surface area contributed by atoms with Gasteiger partial charge in [-0.3, -0.25) is 4.90 Å². The molecule has 0 spiro atoms. The molecule has 1 N–H and O–H groups in total. The van der Waals surface area contributed by atoms with Crippen LogP contribution in [0.15, 0.2) is 0 Å². The van der Waals surface area contributed by atoms with Crippen molar-refractivity contribution in [2.24, 2.45) is 11.8 Å². The largest absolute Gasteiger partial charge is 0.381 e. The summed E-state index contributed by atoms with van der Waals surface area (Å²) >= 11 is 0. The van der Waals surface area contributed by atoms with Crippen molar-refractivity contribution in [1.29, 1.82) is 0 Å². The van der Waals surface area contributed by atoms with Crippen LogP contribution < -0.4 is 5.32 Å². The number of hydrogen-bond acceptors (Lipinski definition) is 3. The van der Waals surface area contributed by atoms with E-state index in [2.05, 4.69) is 24.1 Å². The molecule has 0 aromatic heterocycles. The monoisotopic (exact) mass is 266 g/mol. The van der Waals surface area contributed by atoms with Crippen LogP contribution in [0, 0.1) is 11.8 Å². The minimum absolute atomic E-state index is 0.421. The molecule has 0 amide bonds. The van der Waals surface area contributed by atoms with E-state index >= 15 is 0 Å². The predicted molar refractivity (Wildman–Crippen MR) is 78.3 cm³/mol. The molecule has 3 rings (SSSR count). The Morgan fingerprint density at radius 3 is 2.58 bits per heavy atom. The summed E-state index contributed by atoms with van der Waals surface area (Å²) in [7, 11) is 0. The van der Waals surface area contributed by atoms with Crippen molar-refractivity contribution < 1.29 is 4.74 Å². The van der Waals surface area contributed by atoms with Crippen molar-refractivity contribution in [2.45, 2.75) is 57.5 Å². The second-order valence-electron chi connectivity index (χ2n) is 7.08. The number of rotatable bonds is 4. The fraction of sp³-hybridized carbons (Fsp3) is 1.00. The Bertz CT molecular complexity index is 299. The lowest BCUT2D eigenvalue weighted by Gasteiger charge is -2.50. The number of ether oxygens (including phenoxy) is 1. The lowest BCUT2D eigenvalue weighted by atomic mass is 9.87. The Morgan fingerprint density at radius 2 is 1.95 bits per heavy atom. The van der Waals surface area contributed by atoms with Crippen molar-refractivity contribution >= 4 is 0 Å². The van der Waals surface area contributed by atoms with E-state index < -0.39 is 0 Å². The maximum atomic E-state index is 5.51. The lowest BCUT2D eigenvalue weighted by Crippen LogP contribution is -2.65. The molecule has 0 aromatic rings. The fourth-order valence-electron chi connectivity index (χ4n) is 3.91. The summed E-state index contributed by atoms with van der Waals surface area (Å²) in [5, 5.41) is 3.78. The van der Waals surface area contributed by atoms with Gasteiger partial charge in [0.1, 0.15) is 0 Å². The number of nitrogens with zero attached hydrogens (tertiary/aromatic N) is 1. The zero-order valence-electron chi connectivity index (χ0n) is 12.7. The first-order valence-electron chi connectivity index (χ1n) is 8.28. The van der Waals surface area contributed by atoms with Crippen LogP contribution in [0.4, 0.5) is 0 Å². The zero-order valence-corrected chi connectivity index (χ0v) is 12.7. The molecular weight excluding hydrogens is 236 g/mol. The van der Waals surface area contributed by atoms with E-state index in [1.54, 1.807) is 0 Å². The molecule has 0 aromatic carbocycles. The molecule has 3 heteroatoms. The van der Waals surface area contributed by atoms with Gasteiger partial charge in [-0.2, -0.15) is 0 Å². The number of hydrogen-bond donors (Lipinski definition) is 1. The van der Waals surface area contributed by atoms with Crippen LogP contribution in [-0.4, -0.2) is 49.3 Å². The first-order chi connectivity index (χ1) is 9.22. The van der Waals surface area contributed by atoms with E-state index in [1.807, 2.05) is 0 Å². The molecule has 2 unspecified atom stereocenters. The van der Waals surface area contributed by atoms with Crippen molar-refractivity contribution in [3.8, 4) is 0 Å². The highest BCUT2D eigenvalue weighted by molar-refractivity contribution is 5.05. The van der Waals surface area contributed by atoms with Crippen LogP contribution >= 0.6 is 0 Å². The molecule has 2 atom stereocenters. The summed E-state index contributed by atoms with van der Waals surface area (Å²) in [6.07, 6.45) is 6.67. The Hall–Kier alpha value is -0.120. The van der Waals surface area contributed by atoms with E-state index in [0.717, 1.165) is 25.0 Å². The van der Waals surface area contributed by atoms with Crippen molar-refractivity contribution in [2.75, 3.05) is 32.8 Å². The quantitative estimate of drug-likeness (QED) is 0.845. The topological polar surface area (TPSA) is 24.5 Å². The van der Waals surface area contributed by atoms with Gasteiger partial charge in [-0.1, -0.05) is 6.92 Å². The maximum absolute atomic E-state index is 5.51. The van der Waals surface area contributed by atoms with Gasteiger partial charge >= 0.3 is 0 Å². The van der Waals surface area contributed by atoms with Crippen molar-refractivity contribution in [3.63, 3.8) is 0 Å². The van der Waals surface area contributed by atoms with Crippen LogP contribution in [0.5, 0.6) is 0 Å². The molecule has 2 heterocycles. The van der Waals surface area contributed by atoms with Gasteiger partial charge in [0.2, 0.25) is 0 Å². The molecule has 19 heavy (non-hydrogen) atoms. The maximum Gasteiger partial charge on any atom is 0.0469 e. The van der Waals surface area contributed by atoms with Crippen LogP contribution in [0.3, 0.4) is 0 Å². The molecule has 1 aliphatic carbocycles. The molecule has 3 aliphatic rings. The Balaban J connectivity index is 1.65. The van der Waals surface area contributed by atoms with E-state index in [0.29, 0.717) is 11.6 Å². The SMILES string of the molecule is CCC1CN(CC2CCOCC2)C(C)(C2CC2)CN1. The summed E-state index contributed by atoms with van der Waals surface area (Å²) in [5.74, 6) is 1.81. The minimum Gasteiger partial charge on any atom is -0.381 e. The molecule has 2 saturated heterocycles. The number of piperazine rings is 1. The first kappa shape index (κ1) is 13.8. The standard InChI is InChI=1S/C16H30N2O/c1-3-15-11-18(10-13-6-8-19-9-7-13)16(2,12-17-15)14-4-5-14/h13-15,17H,3-12H2,1-2H3. The van der Waals surface area contributed by atoms with Gasteiger partial charge in [0.15, 0.2) is 0 Å². The Kier molecular flexibility index (Phi) is 4.16. The fourth-order valence-corrected chi connectivity index (χ4v) is 3.91. The third kappa shape index (κ3) is 2.98. The summed E-state index contributed by atoms with van der Waals surface area (Å²) in [4.78, 5) is 2.84. The van der Waals surface area contributed by atoms with Gasteiger partial charge < -0.3 is 10.1 Å². The molecule has 1 saturated carbocycles. The summed E-state index contributed by atoms with van der Waals surface area (Å²) in [6.45, 7) is 10.5. The Labute approximate surface area is 118 Å². The predicted octanol–water partition coefficient (Wildman–Crippen LogP) is 2.27. The van der Waals surface area contributed by atoms with E-state index in [-0.39, 0.29) is 0 Å². The van der Waals surface area contributed by atoms with Gasteiger partial charge in [-0.25, -0.2) is 0 Å². The van der Waals surface area contributed by atoms with E-state index in [1.165, 1.54) is 51.7 Å². The summed E-state index contributed by atoms with van der Waals surface area (Å²) in [6, 6.07) is 0.701. The molecule has 110 valence electrons. The van der Waals surface area contributed by atoms with E-state index in [9.17, 15) is 0 Å². The van der Waals surface area contributed by atoms with Crippen molar-refractivity contribution in [3.05, 3.63) is 0 Å². The van der Waals surface area contributed by atoms with Gasteiger partial charge in [-0.15, -0.1) is 0 Å². The highest BCUT2D eigenvalue weighted by atomic mass is 16.5. The number of nitrogens with one attached hydrogen (secondary N) is 1. The summed E-state index contributed by atoms with van der Waals surface area (Å²) in [5.41, 5.74) is 0.421. The second-order valence-corrected chi connectivity index (χ2v) is 7.08. The first-order valence-corrected chi connectivity index (χ1v) is 8.28. The molecular formula is C16H30N2O. The molecule has 3 fully saturated rings. The highest BCUT2D eigenvalue weighted by Gasteiger charge is 2.48. The van der Waals surface area contributed by atoms with Crippen LogP contribution in [0.25, 0.3) is 0 Å². The average molecular weight is 266 g/mol. The summed E-state index contributed by atoms with van der Waals surface area (Å²) < 4.78 is 5.51. The molecule has 3 nitrogen and oxygen atoms in total. The average Bonchev–Trinajstić information content (AvgIpc) is 3.27. The van der Waals surface area contributed by atoms with E-state index in [4.69, 9.17) is 4.74 Å². The molecule has 0 bridgehead atoms. The van der Waals surface area contributed by atoms with Gasteiger partial charge in [0.05, 0.1) is 0 Å². The zero-order chi connectivity index (χ0) is 13.3. The van der Waals surface area contributed by atoms with Gasteiger partial charge in [0, 0.05) is 44.4 Å². The smallest absolute Gasteiger partial charge is 0.0469 e. The molecule has 0 radical (unpaired) electrons. The van der Waals surface area contributed by atoms with Crippen LogP contribution in [0.1, 0.15) is 46.0 Å². The Morgan fingerprint density at radius 1 is 1.21 bits per heavy atom. The second kappa shape index (κ2) is 5.71. The third-order valence-corrected chi connectivity index (χ3v) is 5.68. The highest BCUT2D eigenvalue weighted by Crippen LogP contribution is 2.44. The molecule has 2 aliphatic heterocycles. The third-order valence-electron chi connectivity index (χ3n) is 5.68. The lowest BCUT2D eigenvalue weighted by molar-refractivity contribution is -0.00477. The van der Waals surface area contributed by atoms with Crippen LogP contribution in [-0.2, 0) is 4.74 Å². The van der Waals surface area contributed by atoms with Crippen molar-refractivity contribution in [1.82, 2.24) is 10.2 Å². The van der Waals surface area contributed by atoms with Gasteiger partial charge in [-0.05, 0) is 50.9 Å². The minimum atomic E-state index is 0.421.